The summed E-state index contributed by atoms with van der Waals surface area (Å²) < 4.78 is 11.4. The SMILES string of the molecule is CCOc1ccccc1Oc1ccc(CNC(=O)N2CCN(c3ccccc3Cl)CC2)cn1. The summed E-state index contributed by atoms with van der Waals surface area (Å²) in [5.74, 6) is 1.75. The quantitative estimate of drug-likeness (QED) is 0.533. The topological polar surface area (TPSA) is 66.9 Å². The lowest BCUT2D eigenvalue weighted by atomic mass is 10.2. The Balaban J connectivity index is 1.26. The molecule has 33 heavy (non-hydrogen) atoms. The summed E-state index contributed by atoms with van der Waals surface area (Å²) in [5, 5.41) is 3.70. The highest BCUT2D eigenvalue weighted by Crippen LogP contribution is 2.30. The molecule has 8 heteroatoms. The predicted octanol–water partition coefficient (Wildman–Crippen LogP) is 4.96. The predicted molar refractivity (Wildman–Crippen MR) is 129 cm³/mol. The van der Waals surface area contributed by atoms with Gasteiger partial charge in [-0.3, -0.25) is 0 Å². The van der Waals surface area contributed by atoms with Crippen LogP contribution in [-0.2, 0) is 6.54 Å². The minimum absolute atomic E-state index is 0.0835. The Labute approximate surface area is 198 Å². The molecule has 0 unspecified atom stereocenters. The standard InChI is InChI=1S/C25H27ClN4O3/c1-2-32-22-9-5-6-10-23(22)33-24-12-11-19(17-27-24)18-28-25(31)30-15-13-29(14-16-30)21-8-4-3-7-20(21)26/h3-12,17H,2,13-16,18H2,1H3,(H,28,31). The molecule has 0 spiro atoms. The Morgan fingerprint density at radius 1 is 1.00 bits per heavy atom. The van der Waals surface area contributed by atoms with E-state index in [0.29, 0.717) is 43.6 Å². The number of nitrogens with zero attached hydrogens (tertiary/aromatic N) is 3. The van der Waals surface area contributed by atoms with E-state index in [2.05, 4.69) is 15.2 Å². The summed E-state index contributed by atoms with van der Waals surface area (Å²) in [6.07, 6.45) is 1.70. The highest BCUT2D eigenvalue weighted by Gasteiger charge is 2.22. The second kappa shape index (κ2) is 10.9. The largest absolute Gasteiger partial charge is 0.490 e. The average Bonchev–Trinajstić information content (AvgIpc) is 2.85. The smallest absolute Gasteiger partial charge is 0.317 e. The molecule has 0 saturated carbocycles. The molecular weight excluding hydrogens is 440 g/mol. The first kappa shape index (κ1) is 22.7. The van der Waals surface area contributed by atoms with Crippen LogP contribution < -0.4 is 19.7 Å². The van der Waals surface area contributed by atoms with Gasteiger partial charge in [0.05, 0.1) is 17.3 Å². The van der Waals surface area contributed by atoms with Gasteiger partial charge in [0.15, 0.2) is 11.5 Å². The number of urea groups is 1. The second-order valence-electron chi connectivity index (χ2n) is 7.57. The Kier molecular flexibility index (Phi) is 7.52. The number of ether oxygens (including phenoxy) is 2. The van der Waals surface area contributed by atoms with Crippen LogP contribution in [0.25, 0.3) is 0 Å². The van der Waals surface area contributed by atoms with E-state index in [1.807, 2.05) is 66.4 Å². The number of nitrogens with one attached hydrogen (secondary N) is 1. The summed E-state index contributed by atoms with van der Waals surface area (Å²) >= 11 is 6.30. The van der Waals surface area contributed by atoms with Crippen molar-refractivity contribution in [2.75, 3.05) is 37.7 Å². The number of piperazine rings is 1. The van der Waals surface area contributed by atoms with Gasteiger partial charge in [0.25, 0.3) is 0 Å². The zero-order valence-electron chi connectivity index (χ0n) is 18.5. The number of benzene rings is 2. The van der Waals surface area contributed by atoms with Crippen molar-refractivity contribution in [3.8, 4) is 17.4 Å². The van der Waals surface area contributed by atoms with Crippen molar-refractivity contribution in [2.45, 2.75) is 13.5 Å². The van der Waals surface area contributed by atoms with Crippen molar-refractivity contribution in [1.29, 1.82) is 0 Å². The normalized spacial score (nSPS) is 13.5. The zero-order valence-corrected chi connectivity index (χ0v) is 19.3. The highest BCUT2D eigenvalue weighted by molar-refractivity contribution is 6.33. The fourth-order valence-electron chi connectivity index (χ4n) is 3.65. The molecule has 0 radical (unpaired) electrons. The summed E-state index contributed by atoms with van der Waals surface area (Å²) in [6, 6.07) is 18.9. The van der Waals surface area contributed by atoms with Crippen LogP contribution in [0.1, 0.15) is 12.5 Å². The number of anilines is 1. The maximum absolute atomic E-state index is 12.6. The average molecular weight is 467 g/mol. The number of hydrogen-bond donors (Lipinski definition) is 1. The number of hydrogen-bond acceptors (Lipinski definition) is 5. The lowest BCUT2D eigenvalue weighted by Gasteiger charge is -2.36. The molecule has 1 aromatic heterocycles. The number of carbonyl (C=O) groups excluding carboxylic acids is 1. The van der Waals surface area contributed by atoms with Crippen LogP contribution in [0.4, 0.5) is 10.5 Å². The van der Waals surface area contributed by atoms with Crippen LogP contribution in [0.3, 0.4) is 0 Å². The van der Waals surface area contributed by atoms with Crippen LogP contribution in [0, 0.1) is 0 Å². The van der Waals surface area contributed by atoms with E-state index in [1.54, 1.807) is 12.3 Å². The molecule has 1 aliphatic rings. The van der Waals surface area contributed by atoms with Gasteiger partial charge in [-0.25, -0.2) is 9.78 Å². The first-order valence-corrected chi connectivity index (χ1v) is 11.4. The molecule has 7 nitrogen and oxygen atoms in total. The van der Waals surface area contributed by atoms with Crippen molar-refractivity contribution in [3.63, 3.8) is 0 Å². The molecule has 1 fully saturated rings. The molecule has 1 N–H and O–H groups in total. The number of aromatic nitrogens is 1. The van der Waals surface area contributed by atoms with Crippen molar-refractivity contribution in [2.24, 2.45) is 0 Å². The van der Waals surface area contributed by atoms with Crippen LogP contribution in [0.15, 0.2) is 66.9 Å². The fourth-order valence-corrected chi connectivity index (χ4v) is 3.90. The number of halogens is 1. The maximum atomic E-state index is 12.6. The fraction of sp³-hybridized carbons (Fsp3) is 0.280. The molecule has 0 bridgehead atoms. The number of pyridine rings is 1. The Morgan fingerprint density at radius 2 is 1.73 bits per heavy atom. The summed E-state index contributed by atoms with van der Waals surface area (Å²) in [7, 11) is 0. The zero-order chi connectivity index (χ0) is 23.0. The van der Waals surface area contributed by atoms with Crippen LogP contribution >= 0.6 is 11.6 Å². The van der Waals surface area contributed by atoms with Gasteiger partial charge in [-0.2, -0.15) is 0 Å². The van der Waals surface area contributed by atoms with E-state index >= 15 is 0 Å². The number of amides is 2. The van der Waals surface area contributed by atoms with Gasteiger partial charge in [0.2, 0.25) is 5.88 Å². The van der Waals surface area contributed by atoms with Crippen LogP contribution in [-0.4, -0.2) is 48.7 Å². The van der Waals surface area contributed by atoms with E-state index in [0.717, 1.165) is 29.4 Å². The molecule has 2 heterocycles. The summed E-state index contributed by atoms with van der Waals surface area (Å²) in [6.45, 7) is 5.65. The van der Waals surface area contributed by atoms with Gasteiger partial charge in [-0.05, 0) is 36.8 Å². The van der Waals surface area contributed by atoms with E-state index in [-0.39, 0.29) is 6.03 Å². The molecule has 0 atom stereocenters. The number of carbonyl (C=O) groups is 1. The van der Waals surface area contributed by atoms with Gasteiger partial charge in [0, 0.05) is 45.0 Å². The van der Waals surface area contributed by atoms with Crippen LogP contribution in [0.2, 0.25) is 5.02 Å². The maximum Gasteiger partial charge on any atom is 0.317 e. The lowest BCUT2D eigenvalue weighted by Crippen LogP contribution is -2.51. The van der Waals surface area contributed by atoms with E-state index in [9.17, 15) is 4.79 Å². The molecule has 3 aromatic rings. The molecule has 2 aromatic carbocycles. The van der Waals surface area contributed by atoms with E-state index < -0.39 is 0 Å². The number of rotatable bonds is 7. The molecule has 2 amide bonds. The van der Waals surface area contributed by atoms with Crippen molar-refractivity contribution >= 4 is 23.3 Å². The third-order valence-electron chi connectivity index (χ3n) is 5.36. The summed E-state index contributed by atoms with van der Waals surface area (Å²) in [4.78, 5) is 21.0. The van der Waals surface area contributed by atoms with Gasteiger partial charge < -0.3 is 24.6 Å². The minimum Gasteiger partial charge on any atom is -0.490 e. The Hall–Kier alpha value is -3.45. The lowest BCUT2D eigenvalue weighted by molar-refractivity contribution is 0.194. The molecule has 4 rings (SSSR count). The Bertz CT molecular complexity index is 1070. The van der Waals surface area contributed by atoms with Gasteiger partial charge in [0.1, 0.15) is 0 Å². The van der Waals surface area contributed by atoms with E-state index in [4.69, 9.17) is 21.1 Å². The van der Waals surface area contributed by atoms with Gasteiger partial charge in [-0.15, -0.1) is 0 Å². The van der Waals surface area contributed by atoms with Gasteiger partial charge in [-0.1, -0.05) is 41.9 Å². The highest BCUT2D eigenvalue weighted by atomic mass is 35.5. The van der Waals surface area contributed by atoms with Gasteiger partial charge >= 0.3 is 6.03 Å². The third kappa shape index (κ3) is 5.87. The van der Waals surface area contributed by atoms with Crippen molar-refractivity contribution < 1.29 is 14.3 Å². The first-order chi connectivity index (χ1) is 16.1. The third-order valence-corrected chi connectivity index (χ3v) is 5.68. The molecule has 1 aliphatic heterocycles. The van der Waals surface area contributed by atoms with Crippen molar-refractivity contribution in [1.82, 2.24) is 15.2 Å². The minimum atomic E-state index is -0.0835. The van der Waals surface area contributed by atoms with E-state index in [1.165, 1.54) is 0 Å². The second-order valence-corrected chi connectivity index (χ2v) is 7.98. The molecule has 172 valence electrons. The Morgan fingerprint density at radius 3 is 2.42 bits per heavy atom. The number of para-hydroxylation sites is 3. The van der Waals surface area contributed by atoms with Crippen molar-refractivity contribution in [3.05, 3.63) is 77.4 Å². The molecular formula is C25H27ClN4O3. The first-order valence-electron chi connectivity index (χ1n) is 11.0. The summed E-state index contributed by atoms with van der Waals surface area (Å²) in [5.41, 5.74) is 1.90. The monoisotopic (exact) mass is 466 g/mol. The molecule has 1 saturated heterocycles. The molecule has 0 aliphatic carbocycles. The van der Waals surface area contributed by atoms with Crippen LogP contribution in [0.5, 0.6) is 17.4 Å².